The summed E-state index contributed by atoms with van der Waals surface area (Å²) in [6.07, 6.45) is 1.81. The lowest BCUT2D eigenvalue weighted by Gasteiger charge is -2.26. The summed E-state index contributed by atoms with van der Waals surface area (Å²) in [7, 11) is 1.51. The lowest BCUT2D eigenvalue weighted by molar-refractivity contribution is -0.122. The van der Waals surface area contributed by atoms with Gasteiger partial charge in [-0.15, -0.1) is 0 Å². The van der Waals surface area contributed by atoms with Crippen LogP contribution in [0.3, 0.4) is 0 Å². The van der Waals surface area contributed by atoms with Crippen molar-refractivity contribution in [3.8, 4) is 5.75 Å². The molecule has 0 unspecified atom stereocenters. The number of methoxy groups -OCH3 is 1. The average Bonchev–Trinajstić information content (AvgIpc) is 2.80. The van der Waals surface area contributed by atoms with E-state index in [1.165, 1.54) is 31.4 Å². The molecule has 0 atom stereocenters. The van der Waals surface area contributed by atoms with Crippen molar-refractivity contribution in [3.63, 3.8) is 0 Å². The number of imide groups is 2. The van der Waals surface area contributed by atoms with Gasteiger partial charge in [-0.25, -0.2) is 14.1 Å². The molecule has 1 fully saturated rings. The summed E-state index contributed by atoms with van der Waals surface area (Å²) in [6.45, 7) is 0. The van der Waals surface area contributed by atoms with Crippen LogP contribution >= 0.6 is 27.5 Å². The molecule has 0 saturated carbocycles. The minimum Gasteiger partial charge on any atom is -0.496 e. The maximum absolute atomic E-state index is 14.3. The Kier molecular flexibility index (Phi) is 6.81. The van der Waals surface area contributed by atoms with E-state index in [2.05, 4.69) is 21.2 Å². The van der Waals surface area contributed by atoms with Crippen molar-refractivity contribution >= 4 is 57.1 Å². The van der Waals surface area contributed by atoms with Crippen LogP contribution < -0.4 is 15.0 Å². The number of anilines is 1. The second kappa shape index (κ2) is 9.79. The van der Waals surface area contributed by atoms with E-state index < -0.39 is 23.7 Å². The second-order valence-electron chi connectivity index (χ2n) is 7.36. The van der Waals surface area contributed by atoms with Crippen LogP contribution in [0.15, 0.2) is 70.7 Å². The highest BCUT2D eigenvalue weighted by molar-refractivity contribution is 9.10. The van der Waals surface area contributed by atoms with E-state index in [1.54, 1.807) is 18.2 Å². The molecule has 1 N–H and O–H groups in total. The third-order valence-electron chi connectivity index (χ3n) is 5.23. The Morgan fingerprint density at radius 1 is 1.09 bits per heavy atom. The molecule has 1 aliphatic rings. The van der Waals surface area contributed by atoms with Crippen molar-refractivity contribution in [1.29, 1.82) is 0 Å². The number of barbiturate groups is 1. The molecule has 0 aromatic heterocycles. The number of nitrogens with one attached hydrogen (secondary N) is 1. The third kappa shape index (κ3) is 4.60. The van der Waals surface area contributed by atoms with Crippen LogP contribution in [0.2, 0.25) is 5.02 Å². The van der Waals surface area contributed by atoms with Crippen molar-refractivity contribution in [2.45, 2.75) is 6.42 Å². The summed E-state index contributed by atoms with van der Waals surface area (Å²) >= 11 is 9.83. The van der Waals surface area contributed by atoms with Gasteiger partial charge in [-0.1, -0.05) is 57.9 Å². The molecule has 6 nitrogen and oxygen atoms in total. The van der Waals surface area contributed by atoms with Crippen molar-refractivity contribution < 1.29 is 23.5 Å². The van der Waals surface area contributed by atoms with Gasteiger partial charge in [0.2, 0.25) is 0 Å². The van der Waals surface area contributed by atoms with Gasteiger partial charge >= 0.3 is 6.03 Å². The van der Waals surface area contributed by atoms with E-state index in [0.717, 1.165) is 17.2 Å². The van der Waals surface area contributed by atoms with E-state index in [4.69, 9.17) is 16.3 Å². The van der Waals surface area contributed by atoms with Crippen LogP contribution in [0, 0.1) is 5.82 Å². The van der Waals surface area contributed by atoms with Crippen molar-refractivity contribution in [1.82, 2.24) is 5.32 Å². The predicted octanol–water partition coefficient (Wildman–Crippen LogP) is 5.51. The summed E-state index contributed by atoms with van der Waals surface area (Å²) in [6, 6.07) is 15.1. The summed E-state index contributed by atoms with van der Waals surface area (Å²) in [5.74, 6) is -2.08. The molecule has 1 aliphatic heterocycles. The SMILES string of the molecule is COc1cc(/C=C2/C(=O)NC(=O)N(c3ccccc3F)C2=O)cc(Br)c1Cc1ccccc1Cl. The minimum absolute atomic E-state index is 0.253. The zero-order valence-corrected chi connectivity index (χ0v) is 20.1. The van der Waals surface area contributed by atoms with Crippen LogP contribution in [0.1, 0.15) is 16.7 Å². The molecule has 34 heavy (non-hydrogen) atoms. The Bertz CT molecular complexity index is 1360. The van der Waals surface area contributed by atoms with Gasteiger partial charge in [-0.05, 0) is 47.5 Å². The number of urea groups is 1. The van der Waals surface area contributed by atoms with Crippen LogP contribution in [-0.2, 0) is 16.0 Å². The monoisotopic (exact) mass is 542 g/mol. The first-order valence-electron chi connectivity index (χ1n) is 10.1. The van der Waals surface area contributed by atoms with Crippen LogP contribution in [0.4, 0.5) is 14.9 Å². The van der Waals surface area contributed by atoms with Crippen molar-refractivity contribution in [3.05, 3.63) is 98.2 Å². The second-order valence-corrected chi connectivity index (χ2v) is 8.62. The van der Waals surface area contributed by atoms with Gasteiger partial charge in [0.25, 0.3) is 11.8 Å². The highest BCUT2D eigenvalue weighted by Gasteiger charge is 2.38. The first-order valence-corrected chi connectivity index (χ1v) is 11.2. The highest BCUT2D eigenvalue weighted by Crippen LogP contribution is 2.34. The van der Waals surface area contributed by atoms with E-state index in [0.29, 0.717) is 32.1 Å². The molecule has 172 valence electrons. The Balaban J connectivity index is 1.73. The largest absolute Gasteiger partial charge is 0.496 e. The number of benzene rings is 3. The fraction of sp³-hybridized carbons (Fsp3) is 0.0800. The lowest BCUT2D eigenvalue weighted by atomic mass is 10.0. The normalized spacial score (nSPS) is 15.0. The van der Waals surface area contributed by atoms with Crippen molar-refractivity contribution in [2.24, 2.45) is 0 Å². The van der Waals surface area contributed by atoms with Crippen LogP contribution in [0.5, 0.6) is 5.75 Å². The first kappa shape index (κ1) is 23.7. The summed E-state index contributed by atoms with van der Waals surface area (Å²) in [4.78, 5) is 38.4. The number of nitrogens with zero attached hydrogens (tertiary/aromatic N) is 1. The van der Waals surface area contributed by atoms with Gasteiger partial charge in [0, 0.05) is 21.5 Å². The number of amides is 4. The Hall–Kier alpha value is -3.49. The minimum atomic E-state index is -1.02. The number of rotatable bonds is 5. The van der Waals surface area contributed by atoms with Crippen molar-refractivity contribution in [2.75, 3.05) is 12.0 Å². The van der Waals surface area contributed by atoms with E-state index in [-0.39, 0.29) is 11.3 Å². The topological polar surface area (TPSA) is 75.7 Å². The molecule has 0 aliphatic carbocycles. The van der Waals surface area contributed by atoms with Gasteiger partial charge < -0.3 is 4.74 Å². The molecule has 4 rings (SSSR count). The molecule has 9 heteroatoms. The number of ether oxygens (including phenoxy) is 1. The smallest absolute Gasteiger partial charge is 0.336 e. The molecular weight excluding hydrogens is 527 g/mol. The molecular formula is C25H17BrClFN2O4. The Labute approximate surface area is 208 Å². The molecule has 3 aromatic rings. The van der Waals surface area contributed by atoms with Gasteiger partial charge in [0.05, 0.1) is 12.8 Å². The fourth-order valence-corrected chi connectivity index (χ4v) is 4.38. The molecule has 0 radical (unpaired) electrons. The number of hydrogen-bond donors (Lipinski definition) is 1. The van der Waals surface area contributed by atoms with Gasteiger partial charge in [0.15, 0.2) is 0 Å². The lowest BCUT2D eigenvalue weighted by Crippen LogP contribution is -2.54. The summed E-state index contributed by atoms with van der Waals surface area (Å²) < 4.78 is 20.5. The Morgan fingerprint density at radius 2 is 1.79 bits per heavy atom. The molecule has 1 heterocycles. The van der Waals surface area contributed by atoms with Gasteiger partial charge in [0.1, 0.15) is 17.1 Å². The molecule has 1 saturated heterocycles. The number of halogens is 3. The predicted molar refractivity (Wildman–Crippen MR) is 130 cm³/mol. The van der Waals surface area contributed by atoms with Gasteiger partial charge in [-0.2, -0.15) is 0 Å². The van der Waals surface area contributed by atoms with Crippen LogP contribution in [-0.4, -0.2) is 25.0 Å². The maximum Gasteiger partial charge on any atom is 0.336 e. The first-order chi connectivity index (χ1) is 16.3. The summed E-state index contributed by atoms with van der Waals surface area (Å²) in [5.41, 5.74) is 1.61. The number of carbonyl (C=O) groups excluding carboxylic acids is 3. The Morgan fingerprint density at radius 3 is 2.50 bits per heavy atom. The standard InChI is InChI=1S/C25H17BrClFN2O4/c1-34-22-12-14(11-18(26)16(22)13-15-6-2-3-7-19(15)27)10-17-23(31)29-25(33)30(24(17)32)21-9-5-4-8-20(21)28/h2-12H,13H2,1H3,(H,29,31,33)/b17-10-. The maximum atomic E-state index is 14.3. The fourth-order valence-electron chi connectivity index (χ4n) is 3.58. The number of para-hydroxylation sites is 1. The van der Waals surface area contributed by atoms with E-state index in [1.807, 2.05) is 18.2 Å². The number of hydrogen-bond acceptors (Lipinski definition) is 4. The molecule has 0 spiro atoms. The zero-order chi connectivity index (χ0) is 24.4. The number of carbonyl (C=O) groups is 3. The average molecular weight is 544 g/mol. The highest BCUT2D eigenvalue weighted by atomic mass is 79.9. The van der Waals surface area contributed by atoms with Crippen LogP contribution in [0.25, 0.3) is 6.08 Å². The molecule has 3 aromatic carbocycles. The third-order valence-corrected chi connectivity index (χ3v) is 6.30. The zero-order valence-electron chi connectivity index (χ0n) is 17.8. The summed E-state index contributed by atoms with van der Waals surface area (Å²) in [5, 5.41) is 2.70. The van der Waals surface area contributed by atoms with Gasteiger partial charge in [-0.3, -0.25) is 14.9 Å². The van der Waals surface area contributed by atoms with E-state index in [9.17, 15) is 18.8 Å². The molecule has 4 amide bonds. The molecule has 0 bridgehead atoms. The quantitative estimate of drug-likeness (QED) is 0.340. The van der Waals surface area contributed by atoms with E-state index >= 15 is 0 Å².